The van der Waals surface area contributed by atoms with E-state index < -0.39 is 46.2 Å². The molecule has 0 aliphatic heterocycles. The topological polar surface area (TPSA) is 86.8 Å². The molecule has 214 valence electrons. The summed E-state index contributed by atoms with van der Waals surface area (Å²) in [5, 5.41) is 2.95. The van der Waals surface area contributed by atoms with Crippen LogP contribution in [0.25, 0.3) is 0 Å². The maximum atomic E-state index is 13.8. The number of alkyl halides is 3. The number of hydrogen-bond acceptors (Lipinski definition) is 4. The van der Waals surface area contributed by atoms with Crippen LogP contribution in [0.1, 0.15) is 30.5 Å². The summed E-state index contributed by atoms with van der Waals surface area (Å²) in [7, 11) is -4.51. The lowest BCUT2D eigenvalue weighted by Gasteiger charge is -2.32. The SMILES string of the molecule is CCNC(=O)C(C)N(Cc1ccccc1Cl)C(=O)CN(c1cccc(C(F)(F)F)c1)S(=O)(=O)c1ccc(C)cc1. The first-order valence-electron chi connectivity index (χ1n) is 12.3. The molecule has 3 rings (SSSR count). The van der Waals surface area contributed by atoms with Crippen molar-refractivity contribution >= 4 is 39.1 Å². The molecule has 0 fully saturated rings. The second-order valence-electron chi connectivity index (χ2n) is 9.06. The number of sulfonamides is 1. The Morgan fingerprint density at radius 2 is 1.65 bits per heavy atom. The number of nitrogens with one attached hydrogen (secondary N) is 1. The maximum Gasteiger partial charge on any atom is 0.416 e. The minimum atomic E-state index is -4.75. The van der Waals surface area contributed by atoms with Crippen molar-refractivity contribution in [1.29, 1.82) is 0 Å². The number of likely N-dealkylation sites (N-methyl/N-ethyl adjacent to an activating group) is 1. The molecule has 0 saturated carbocycles. The number of anilines is 1. The molecule has 1 atom stereocenters. The molecule has 7 nitrogen and oxygen atoms in total. The summed E-state index contributed by atoms with van der Waals surface area (Å²) in [5.41, 5.74) is -0.166. The minimum absolute atomic E-state index is 0.141. The number of carbonyl (C=O) groups excluding carboxylic acids is 2. The molecule has 12 heteroatoms. The maximum absolute atomic E-state index is 13.8. The van der Waals surface area contributed by atoms with E-state index >= 15 is 0 Å². The third kappa shape index (κ3) is 7.33. The van der Waals surface area contributed by atoms with Gasteiger partial charge in [-0.05, 0) is 62.7 Å². The van der Waals surface area contributed by atoms with Crippen molar-refractivity contribution in [1.82, 2.24) is 10.2 Å². The van der Waals surface area contributed by atoms with Crippen LogP contribution < -0.4 is 9.62 Å². The Morgan fingerprint density at radius 1 is 1.00 bits per heavy atom. The fourth-order valence-electron chi connectivity index (χ4n) is 3.92. The molecule has 0 aromatic heterocycles. The Kier molecular flexibility index (Phi) is 9.86. The van der Waals surface area contributed by atoms with E-state index in [2.05, 4.69) is 5.32 Å². The van der Waals surface area contributed by atoms with Gasteiger partial charge in [-0.25, -0.2) is 8.42 Å². The van der Waals surface area contributed by atoms with Gasteiger partial charge in [0.05, 0.1) is 16.1 Å². The lowest BCUT2D eigenvalue weighted by Crippen LogP contribution is -2.51. The number of rotatable bonds is 10. The van der Waals surface area contributed by atoms with Gasteiger partial charge in [-0.2, -0.15) is 13.2 Å². The predicted octanol–water partition coefficient (Wildman–Crippen LogP) is 5.42. The molecule has 1 N–H and O–H groups in total. The van der Waals surface area contributed by atoms with Crippen LogP contribution in [0.4, 0.5) is 18.9 Å². The normalized spacial score (nSPS) is 12.5. The van der Waals surface area contributed by atoms with Crippen molar-refractivity contribution in [2.24, 2.45) is 0 Å². The zero-order valence-electron chi connectivity index (χ0n) is 22.1. The summed E-state index contributed by atoms with van der Waals surface area (Å²) < 4.78 is 68.7. The van der Waals surface area contributed by atoms with Crippen molar-refractivity contribution in [2.45, 2.75) is 44.4 Å². The standard InChI is InChI=1S/C28H29ClF3N3O4S/c1-4-33-27(37)20(3)34(17-21-8-5-6-11-25(21)29)26(36)18-35(23-10-7-9-22(16-23)28(30,31)32)40(38,39)24-14-12-19(2)13-15-24/h5-16,20H,4,17-18H2,1-3H3,(H,33,37). The van der Waals surface area contributed by atoms with Crippen LogP contribution in [-0.2, 0) is 32.3 Å². The van der Waals surface area contributed by atoms with Crippen LogP contribution in [0.5, 0.6) is 0 Å². The molecule has 0 saturated heterocycles. The summed E-state index contributed by atoms with van der Waals surface area (Å²) in [6.45, 7) is 4.20. The Hall–Kier alpha value is -3.57. The van der Waals surface area contributed by atoms with E-state index in [1.165, 1.54) is 25.1 Å². The lowest BCUT2D eigenvalue weighted by molar-refractivity contribution is -0.139. The zero-order valence-corrected chi connectivity index (χ0v) is 23.6. The van der Waals surface area contributed by atoms with Gasteiger partial charge in [0, 0.05) is 18.1 Å². The summed E-state index contributed by atoms with van der Waals surface area (Å²) in [6, 6.07) is 15.0. The van der Waals surface area contributed by atoms with Crippen LogP contribution in [0.15, 0.2) is 77.7 Å². The highest BCUT2D eigenvalue weighted by Gasteiger charge is 2.35. The van der Waals surface area contributed by atoms with E-state index in [1.54, 1.807) is 50.2 Å². The number of halogens is 4. The van der Waals surface area contributed by atoms with Crippen molar-refractivity contribution in [3.63, 3.8) is 0 Å². The van der Waals surface area contributed by atoms with Crippen LogP contribution >= 0.6 is 11.6 Å². The largest absolute Gasteiger partial charge is 0.416 e. The number of nitrogens with zero attached hydrogens (tertiary/aromatic N) is 2. The number of benzene rings is 3. The molecular formula is C28H29ClF3N3O4S. The predicted molar refractivity (Wildman–Crippen MR) is 147 cm³/mol. The van der Waals surface area contributed by atoms with Gasteiger partial charge in [-0.3, -0.25) is 13.9 Å². The molecule has 2 amide bonds. The molecular weight excluding hydrogens is 567 g/mol. The van der Waals surface area contributed by atoms with Crippen molar-refractivity contribution in [3.8, 4) is 0 Å². The molecule has 0 heterocycles. The molecule has 3 aromatic carbocycles. The van der Waals surface area contributed by atoms with Gasteiger partial charge in [0.25, 0.3) is 10.0 Å². The van der Waals surface area contributed by atoms with Crippen molar-refractivity contribution < 1.29 is 31.2 Å². The summed E-state index contributed by atoms with van der Waals surface area (Å²) in [6.07, 6.45) is -4.75. The fourth-order valence-corrected chi connectivity index (χ4v) is 5.52. The zero-order chi connectivity index (χ0) is 29.7. The van der Waals surface area contributed by atoms with E-state index in [-0.39, 0.29) is 23.7 Å². The Bertz CT molecular complexity index is 1460. The van der Waals surface area contributed by atoms with E-state index in [0.29, 0.717) is 21.0 Å². The number of amides is 2. The third-order valence-electron chi connectivity index (χ3n) is 6.17. The second kappa shape index (κ2) is 12.7. The van der Waals surface area contributed by atoms with E-state index in [9.17, 15) is 31.2 Å². The lowest BCUT2D eigenvalue weighted by atomic mass is 10.1. The Balaban J connectivity index is 2.10. The van der Waals surface area contributed by atoms with Gasteiger partial charge in [-0.15, -0.1) is 0 Å². The molecule has 0 aliphatic rings. The molecule has 3 aromatic rings. The van der Waals surface area contributed by atoms with Crippen LogP contribution in [0.2, 0.25) is 5.02 Å². The minimum Gasteiger partial charge on any atom is -0.355 e. The highest BCUT2D eigenvalue weighted by molar-refractivity contribution is 7.92. The third-order valence-corrected chi connectivity index (χ3v) is 8.32. The van der Waals surface area contributed by atoms with Gasteiger partial charge in [-0.1, -0.05) is 53.6 Å². The van der Waals surface area contributed by atoms with E-state index in [4.69, 9.17) is 11.6 Å². The van der Waals surface area contributed by atoms with Crippen molar-refractivity contribution in [3.05, 3.63) is 94.5 Å². The smallest absolute Gasteiger partial charge is 0.355 e. The van der Waals surface area contributed by atoms with Gasteiger partial charge >= 0.3 is 6.18 Å². The molecule has 1 unspecified atom stereocenters. The second-order valence-corrected chi connectivity index (χ2v) is 11.3. The summed E-state index contributed by atoms with van der Waals surface area (Å²) in [4.78, 5) is 27.5. The molecule has 0 bridgehead atoms. The monoisotopic (exact) mass is 595 g/mol. The molecule has 40 heavy (non-hydrogen) atoms. The highest BCUT2D eigenvalue weighted by atomic mass is 35.5. The number of hydrogen-bond donors (Lipinski definition) is 1. The van der Waals surface area contributed by atoms with E-state index in [0.717, 1.165) is 22.6 Å². The van der Waals surface area contributed by atoms with Gasteiger partial charge in [0.15, 0.2) is 0 Å². The highest BCUT2D eigenvalue weighted by Crippen LogP contribution is 2.33. The Morgan fingerprint density at radius 3 is 2.25 bits per heavy atom. The van der Waals surface area contributed by atoms with Gasteiger partial charge in [0.2, 0.25) is 11.8 Å². The first-order chi connectivity index (χ1) is 18.8. The van der Waals surface area contributed by atoms with E-state index in [1.807, 2.05) is 0 Å². The summed E-state index contributed by atoms with van der Waals surface area (Å²) in [5.74, 6) is -1.30. The van der Waals surface area contributed by atoms with Gasteiger partial charge < -0.3 is 10.2 Å². The fraction of sp³-hybridized carbons (Fsp3) is 0.286. The van der Waals surface area contributed by atoms with Gasteiger partial charge in [0.1, 0.15) is 12.6 Å². The quantitative estimate of drug-likeness (QED) is 0.339. The van der Waals surface area contributed by atoms with Crippen LogP contribution in [0.3, 0.4) is 0 Å². The number of aryl methyl sites for hydroxylation is 1. The molecule has 0 spiro atoms. The first kappa shape index (κ1) is 31.0. The molecule has 0 aliphatic carbocycles. The summed E-state index contributed by atoms with van der Waals surface area (Å²) >= 11 is 6.29. The number of carbonyl (C=O) groups is 2. The Labute approximate surface area is 236 Å². The van der Waals surface area contributed by atoms with Crippen LogP contribution in [-0.4, -0.2) is 44.3 Å². The van der Waals surface area contributed by atoms with Crippen molar-refractivity contribution in [2.75, 3.05) is 17.4 Å². The average molecular weight is 596 g/mol. The first-order valence-corrected chi connectivity index (χ1v) is 14.1. The molecule has 0 radical (unpaired) electrons. The average Bonchev–Trinajstić information content (AvgIpc) is 2.90. The van der Waals surface area contributed by atoms with Crippen LogP contribution in [0, 0.1) is 6.92 Å².